The molecular formula is C26H40NO7P. The minimum Gasteiger partial charge on any atom is -0.480 e. The summed E-state index contributed by atoms with van der Waals surface area (Å²) in [5.41, 5.74) is 0. The monoisotopic (exact) mass is 509 g/mol. The minimum atomic E-state index is -4.86. The van der Waals surface area contributed by atoms with Gasteiger partial charge in [-0.25, -0.2) is 9.36 Å². The van der Waals surface area contributed by atoms with Gasteiger partial charge in [-0.2, -0.15) is 0 Å². The third kappa shape index (κ3) is 21.7. The fraction of sp³-hybridized carbons (Fsp3) is 0.462. The Morgan fingerprint density at radius 1 is 0.800 bits per heavy atom. The molecule has 0 fully saturated rings. The molecule has 0 saturated carbocycles. The van der Waals surface area contributed by atoms with Gasteiger partial charge in [-0.1, -0.05) is 79.8 Å². The van der Waals surface area contributed by atoms with Gasteiger partial charge in [0.05, 0.1) is 6.10 Å². The molecule has 0 aromatic carbocycles. The van der Waals surface area contributed by atoms with Gasteiger partial charge < -0.3 is 20.2 Å². The van der Waals surface area contributed by atoms with Gasteiger partial charge >= 0.3 is 13.8 Å². The maximum atomic E-state index is 11.9. The highest BCUT2D eigenvalue weighted by Crippen LogP contribution is 2.38. The number of hydrogen-bond donors (Lipinski definition) is 4. The zero-order chi connectivity index (χ0) is 26.4. The quantitative estimate of drug-likeness (QED) is 0.133. The van der Waals surface area contributed by atoms with Crippen LogP contribution in [0.4, 0.5) is 0 Å². The molecule has 8 nitrogen and oxygen atoms in total. The van der Waals surface area contributed by atoms with Crippen LogP contribution in [0.5, 0.6) is 0 Å². The molecule has 0 heterocycles. The number of carbonyl (C=O) groups excluding carboxylic acids is 1. The number of carboxylic acid groups (broad SMARTS) is 1. The molecule has 0 radical (unpaired) electrons. The molecule has 0 saturated heterocycles. The van der Waals surface area contributed by atoms with Crippen LogP contribution in [0.1, 0.15) is 65.2 Å². The Morgan fingerprint density at radius 3 is 1.57 bits per heavy atom. The van der Waals surface area contributed by atoms with E-state index in [1.165, 1.54) is 6.92 Å². The second kappa shape index (κ2) is 20.8. The SMILES string of the molecule is CCC=CCC=CCC=CCC=CCC=CCC=CCCC(=O)N[C@H](C(=O)O)[C@@H](C)OP(=O)(O)O. The Bertz CT molecular complexity index is 822. The van der Waals surface area contributed by atoms with Gasteiger partial charge in [-0.15, -0.1) is 0 Å². The van der Waals surface area contributed by atoms with E-state index in [9.17, 15) is 14.2 Å². The van der Waals surface area contributed by atoms with Crippen molar-refractivity contribution in [3.63, 3.8) is 0 Å². The van der Waals surface area contributed by atoms with Crippen LogP contribution in [0, 0.1) is 0 Å². The highest BCUT2D eigenvalue weighted by Gasteiger charge is 2.31. The summed E-state index contributed by atoms with van der Waals surface area (Å²) in [4.78, 5) is 40.7. The Morgan fingerprint density at radius 2 is 1.20 bits per heavy atom. The Hall–Kier alpha value is -2.51. The van der Waals surface area contributed by atoms with Crippen molar-refractivity contribution >= 4 is 19.7 Å². The van der Waals surface area contributed by atoms with Crippen molar-refractivity contribution in [2.45, 2.75) is 77.4 Å². The summed E-state index contributed by atoms with van der Waals surface area (Å²) in [6.45, 7) is 3.30. The number of rotatable bonds is 19. The first-order valence-electron chi connectivity index (χ1n) is 11.8. The van der Waals surface area contributed by atoms with Gasteiger partial charge in [0.2, 0.25) is 5.91 Å². The van der Waals surface area contributed by atoms with Gasteiger partial charge in [0.15, 0.2) is 6.04 Å². The summed E-state index contributed by atoms with van der Waals surface area (Å²) < 4.78 is 15.2. The summed E-state index contributed by atoms with van der Waals surface area (Å²) in [6.07, 6.45) is 29.6. The maximum Gasteiger partial charge on any atom is 0.469 e. The van der Waals surface area contributed by atoms with Crippen LogP contribution < -0.4 is 5.32 Å². The molecule has 35 heavy (non-hydrogen) atoms. The van der Waals surface area contributed by atoms with Crippen LogP contribution in [0.25, 0.3) is 0 Å². The topological polar surface area (TPSA) is 133 Å². The molecule has 0 rings (SSSR count). The van der Waals surface area contributed by atoms with Gasteiger partial charge in [0, 0.05) is 6.42 Å². The number of carbonyl (C=O) groups is 2. The lowest BCUT2D eigenvalue weighted by Gasteiger charge is -2.21. The third-order valence-corrected chi connectivity index (χ3v) is 5.10. The van der Waals surface area contributed by atoms with Crippen LogP contribution in [0.15, 0.2) is 72.9 Å². The van der Waals surface area contributed by atoms with Crippen molar-refractivity contribution in [3.8, 4) is 0 Å². The lowest BCUT2D eigenvalue weighted by molar-refractivity contribution is -0.144. The van der Waals surface area contributed by atoms with Crippen LogP contribution in [-0.2, 0) is 18.7 Å². The Kier molecular flexibility index (Phi) is 19.3. The summed E-state index contributed by atoms with van der Waals surface area (Å²) >= 11 is 0. The molecule has 0 aliphatic carbocycles. The first kappa shape index (κ1) is 32.5. The normalized spacial score (nSPS) is 14.9. The van der Waals surface area contributed by atoms with Gasteiger partial charge in [0.25, 0.3) is 0 Å². The molecule has 0 spiro atoms. The van der Waals surface area contributed by atoms with Crippen molar-refractivity contribution < 1.29 is 33.6 Å². The second-order valence-electron chi connectivity index (χ2n) is 7.64. The van der Waals surface area contributed by atoms with Crippen molar-refractivity contribution in [1.82, 2.24) is 5.32 Å². The fourth-order valence-electron chi connectivity index (χ4n) is 2.76. The summed E-state index contributed by atoms with van der Waals surface area (Å²) in [6, 6.07) is -1.56. The lowest BCUT2D eigenvalue weighted by atomic mass is 10.1. The van der Waals surface area contributed by atoms with E-state index in [2.05, 4.69) is 71.4 Å². The van der Waals surface area contributed by atoms with E-state index in [1.807, 2.05) is 18.2 Å². The van der Waals surface area contributed by atoms with Crippen LogP contribution in [-0.4, -0.2) is 38.9 Å². The summed E-state index contributed by atoms with van der Waals surface area (Å²) in [5, 5.41) is 11.4. The number of phosphoric ester groups is 1. The first-order chi connectivity index (χ1) is 16.7. The number of allylic oxidation sites excluding steroid dienone is 12. The number of amides is 1. The molecule has 1 amide bonds. The molecule has 4 N–H and O–H groups in total. The van der Waals surface area contributed by atoms with E-state index in [-0.39, 0.29) is 6.42 Å². The Labute approximate surface area is 209 Å². The highest BCUT2D eigenvalue weighted by atomic mass is 31.2. The van der Waals surface area contributed by atoms with Crippen LogP contribution in [0.3, 0.4) is 0 Å². The average molecular weight is 510 g/mol. The molecule has 2 atom stereocenters. The zero-order valence-electron chi connectivity index (χ0n) is 20.7. The van der Waals surface area contributed by atoms with Crippen LogP contribution >= 0.6 is 7.82 Å². The van der Waals surface area contributed by atoms with E-state index in [0.717, 1.165) is 38.5 Å². The van der Waals surface area contributed by atoms with Crippen molar-refractivity contribution in [2.24, 2.45) is 0 Å². The second-order valence-corrected chi connectivity index (χ2v) is 8.83. The third-order valence-electron chi connectivity index (χ3n) is 4.49. The zero-order valence-corrected chi connectivity index (χ0v) is 21.6. The lowest BCUT2D eigenvalue weighted by Crippen LogP contribution is -2.48. The number of phosphoric acid groups is 1. The molecule has 0 unspecified atom stereocenters. The molecular weight excluding hydrogens is 469 g/mol. The van der Waals surface area contributed by atoms with Gasteiger partial charge in [0.1, 0.15) is 0 Å². The summed E-state index contributed by atoms with van der Waals surface area (Å²) in [5.74, 6) is -1.98. The molecule has 0 aliphatic heterocycles. The van der Waals surface area contributed by atoms with E-state index in [1.54, 1.807) is 0 Å². The van der Waals surface area contributed by atoms with E-state index in [4.69, 9.17) is 14.9 Å². The molecule has 0 aromatic rings. The standard InChI is InChI=1S/C26H40NO7P/c1-3-4-5-6-7-8-9-10-11-12-13-14-15-16-17-18-19-20-21-22-24(28)27-25(26(29)30)23(2)34-35(31,32)33/h4-5,7-8,10-11,13-14,16-17,19-20,23,25H,3,6,9,12,15,18,21-22H2,1-2H3,(H,27,28)(H,29,30)(H2,31,32,33)/t23-,25+/m1/s1. The minimum absolute atomic E-state index is 0.0502. The molecule has 196 valence electrons. The predicted molar refractivity (Wildman–Crippen MR) is 140 cm³/mol. The highest BCUT2D eigenvalue weighted by molar-refractivity contribution is 7.46. The number of nitrogens with one attached hydrogen (secondary N) is 1. The fourth-order valence-corrected chi connectivity index (χ4v) is 3.31. The molecule has 0 aromatic heterocycles. The number of hydrogen-bond acceptors (Lipinski definition) is 4. The van der Waals surface area contributed by atoms with Gasteiger partial charge in [-0.05, 0) is 51.9 Å². The van der Waals surface area contributed by atoms with Gasteiger partial charge in [-0.3, -0.25) is 9.32 Å². The molecule has 0 bridgehead atoms. The van der Waals surface area contributed by atoms with E-state index < -0.39 is 31.8 Å². The van der Waals surface area contributed by atoms with Crippen molar-refractivity contribution in [2.75, 3.05) is 0 Å². The number of aliphatic carboxylic acids is 1. The largest absolute Gasteiger partial charge is 0.480 e. The maximum absolute atomic E-state index is 11.9. The predicted octanol–water partition coefficient (Wildman–Crippen LogP) is 5.53. The summed E-state index contributed by atoms with van der Waals surface area (Å²) in [7, 11) is -4.86. The molecule has 0 aliphatic rings. The molecule has 9 heteroatoms. The smallest absolute Gasteiger partial charge is 0.469 e. The van der Waals surface area contributed by atoms with Crippen molar-refractivity contribution in [3.05, 3.63) is 72.9 Å². The van der Waals surface area contributed by atoms with E-state index in [0.29, 0.717) is 6.42 Å². The average Bonchev–Trinajstić information content (AvgIpc) is 2.77. The Balaban J connectivity index is 3.99. The first-order valence-corrected chi connectivity index (χ1v) is 13.4. The van der Waals surface area contributed by atoms with E-state index >= 15 is 0 Å². The van der Waals surface area contributed by atoms with Crippen molar-refractivity contribution in [1.29, 1.82) is 0 Å². The van der Waals surface area contributed by atoms with Crippen LogP contribution in [0.2, 0.25) is 0 Å². The number of carboxylic acids is 1.